The minimum atomic E-state index is -1.30. The first-order valence-electron chi connectivity index (χ1n) is 15.5. The summed E-state index contributed by atoms with van der Waals surface area (Å²) in [6, 6.07) is 10.6. The number of likely N-dealkylation sites (tertiary alicyclic amines) is 1. The lowest BCUT2D eigenvalue weighted by Crippen LogP contribution is -2.66. The summed E-state index contributed by atoms with van der Waals surface area (Å²) in [5, 5.41) is 52.3. The molecule has 0 radical (unpaired) electrons. The third-order valence-corrected chi connectivity index (χ3v) is 11.8. The Bertz CT molecular complexity index is 1650. The molecule has 2 aromatic carbocycles. The molecule has 17 heteroatoms. The molecule has 49 heavy (non-hydrogen) atoms. The van der Waals surface area contributed by atoms with Gasteiger partial charge < -0.3 is 29.9 Å². The standard InChI is InChI=1S/C32H36N4O11S2/c1-18(38)25-27-32(2,14-19-3-7-21(8-4-19)35(43)44)28(26(30(40)41)34(27)29(25)39)49-24-13-23(17-48-12-11-37)33(15-24)31(42)47-16-20-5-9-22(10-6-20)36(45)46/h3-10,18,23-25,27,37-38H,11-17H2,1-2H3,(H,40,41)/t18-,23+,24+,25-,27+,32-/m1/s1. The highest BCUT2D eigenvalue weighted by Gasteiger charge is 2.66. The van der Waals surface area contributed by atoms with Crippen molar-refractivity contribution in [3.05, 3.63) is 90.5 Å². The Labute approximate surface area is 289 Å². The van der Waals surface area contributed by atoms with Crippen LogP contribution in [0.25, 0.3) is 0 Å². The lowest BCUT2D eigenvalue weighted by molar-refractivity contribution is -0.385. The minimum absolute atomic E-state index is 0.0499. The van der Waals surface area contributed by atoms with Gasteiger partial charge in [-0.3, -0.25) is 25.0 Å². The highest BCUT2D eigenvalue weighted by atomic mass is 32.2. The van der Waals surface area contributed by atoms with Crippen molar-refractivity contribution in [2.45, 2.75) is 56.7 Å². The normalized spacial score (nSPS) is 25.2. The Morgan fingerprint density at radius 2 is 1.65 bits per heavy atom. The lowest BCUT2D eigenvalue weighted by atomic mass is 9.67. The number of carboxylic acids is 1. The number of non-ortho nitro benzene ring substituents is 2. The Kier molecular flexibility index (Phi) is 10.9. The number of thioether (sulfide) groups is 2. The number of β-lactam (4-membered cyclic amide) rings is 1. The first-order valence-corrected chi connectivity index (χ1v) is 17.5. The second kappa shape index (κ2) is 14.7. The van der Waals surface area contributed by atoms with Crippen molar-refractivity contribution in [3.63, 3.8) is 0 Å². The van der Waals surface area contributed by atoms with Crippen molar-refractivity contribution in [3.8, 4) is 0 Å². The summed E-state index contributed by atoms with van der Waals surface area (Å²) in [5.74, 6) is -1.73. The molecule has 0 spiro atoms. The van der Waals surface area contributed by atoms with Gasteiger partial charge in [-0.1, -0.05) is 19.1 Å². The van der Waals surface area contributed by atoms with Gasteiger partial charge >= 0.3 is 12.1 Å². The quantitative estimate of drug-likeness (QED) is 0.110. The summed E-state index contributed by atoms with van der Waals surface area (Å²) < 4.78 is 5.59. The van der Waals surface area contributed by atoms with E-state index in [1.165, 1.54) is 71.7 Å². The molecule has 3 aliphatic heterocycles. The molecule has 2 saturated heterocycles. The number of aliphatic hydroxyl groups excluding tert-OH is 2. The fourth-order valence-electron chi connectivity index (χ4n) is 6.89. The summed E-state index contributed by atoms with van der Waals surface area (Å²) in [6.07, 6.45) is -0.981. The van der Waals surface area contributed by atoms with Crippen LogP contribution in [0.5, 0.6) is 0 Å². The number of nitrogens with zero attached hydrogens (tertiary/aromatic N) is 4. The van der Waals surface area contributed by atoms with E-state index in [0.717, 1.165) is 0 Å². The zero-order valence-corrected chi connectivity index (χ0v) is 28.3. The zero-order valence-electron chi connectivity index (χ0n) is 26.7. The predicted molar refractivity (Wildman–Crippen MR) is 180 cm³/mol. The van der Waals surface area contributed by atoms with Crippen molar-refractivity contribution in [2.75, 3.05) is 24.7 Å². The van der Waals surface area contributed by atoms with Gasteiger partial charge in [-0.05, 0) is 43.0 Å². The summed E-state index contributed by atoms with van der Waals surface area (Å²) in [4.78, 5) is 63.9. The van der Waals surface area contributed by atoms with E-state index in [-0.39, 0.29) is 54.5 Å². The van der Waals surface area contributed by atoms with Crippen LogP contribution in [0.4, 0.5) is 16.2 Å². The predicted octanol–water partition coefficient (Wildman–Crippen LogP) is 3.81. The lowest BCUT2D eigenvalue weighted by Gasteiger charge is -2.51. The summed E-state index contributed by atoms with van der Waals surface area (Å²) >= 11 is 2.73. The number of ether oxygens (including phenoxy) is 1. The molecule has 2 fully saturated rings. The molecule has 0 unspecified atom stereocenters. The van der Waals surface area contributed by atoms with E-state index in [4.69, 9.17) is 4.74 Å². The number of aliphatic carboxylic acids is 1. The number of carbonyl (C=O) groups excluding carboxylic acids is 2. The van der Waals surface area contributed by atoms with E-state index < -0.39 is 51.3 Å². The van der Waals surface area contributed by atoms with Crippen LogP contribution in [0.2, 0.25) is 0 Å². The van der Waals surface area contributed by atoms with Gasteiger partial charge in [0.1, 0.15) is 12.3 Å². The Morgan fingerprint density at radius 3 is 2.18 bits per heavy atom. The first-order chi connectivity index (χ1) is 23.3. The van der Waals surface area contributed by atoms with Gasteiger partial charge in [0.25, 0.3) is 11.4 Å². The van der Waals surface area contributed by atoms with Gasteiger partial charge in [-0.15, -0.1) is 11.8 Å². The zero-order chi connectivity index (χ0) is 35.6. The van der Waals surface area contributed by atoms with E-state index in [0.29, 0.717) is 34.0 Å². The highest BCUT2D eigenvalue weighted by Crippen LogP contribution is 2.60. The van der Waals surface area contributed by atoms with Crippen LogP contribution in [0.3, 0.4) is 0 Å². The van der Waals surface area contributed by atoms with Crippen LogP contribution in [0, 0.1) is 31.6 Å². The first kappa shape index (κ1) is 36.1. The molecule has 0 aliphatic carbocycles. The van der Waals surface area contributed by atoms with Gasteiger partial charge in [0.15, 0.2) is 0 Å². The van der Waals surface area contributed by atoms with Crippen molar-refractivity contribution < 1.29 is 44.3 Å². The molecular weight excluding hydrogens is 681 g/mol. The number of fused-ring (bicyclic) bond motifs is 1. The van der Waals surface area contributed by atoms with E-state index >= 15 is 0 Å². The van der Waals surface area contributed by atoms with E-state index in [2.05, 4.69) is 0 Å². The molecule has 262 valence electrons. The Hall–Kier alpha value is -4.19. The van der Waals surface area contributed by atoms with Gasteiger partial charge in [0, 0.05) is 63.9 Å². The number of carboxylic acid groups (broad SMARTS) is 1. The average molecular weight is 717 g/mol. The second-order valence-corrected chi connectivity index (χ2v) is 14.9. The maximum Gasteiger partial charge on any atom is 0.410 e. The van der Waals surface area contributed by atoms with E-state index in [9.17, 15) is 49.9 Å². The molecule has 0 bridgehead atoms. The molecule has 2 aromatic rings. The molecule has 15 nitrogen and oxygen atoms in total. The van der Waals surface area contributed by atoms with Crippen molar-refractivity contribution in [1.29, 1.82) is 0 Å². The number of nitro groups is 2. The van der Waals surface area contributed by atoms with E-state index in [1.807, 2.05) is 6.92 Å². The van der Waals surface area contributed by atoms with Gasteiger partial charge in [0.05, 0.1) is 34.5 Å². The number of amides is 2. The number of rotatable bonds is 14. The molecule has 3 N–H and O–H groups in total. The smallest absolute Gasteiger partial charge is 0.410 e. The largest absolute Gasteiger partial charge is 0.477 e. The number of hydrogen-bond acceptors (Lipinski definition) is 12. The van der Waals surface area contributed by atoms with Crippen LogP contribution in [0.15, 0.2) is 59.1 Å². The molecule has 0 saturated carbocycles. The topological polar surface area (TPSA) is 214 Å². The van der Waals surface area contributed by atoms with Crippen LogP contribution >= 0.6 is 23.5 Å². The molecule has 0 aromatic heterocycles. The van der Waals surface area contributed by atoms with Gasteiger partial charge in [-0.25, -0.2) is 9.59 Å². The molecule has 3 heterocycles. The number of benzene rings is 2. The molecule has 6 atom stereocenters. The number of nitro benzene ring substituents is 2. The van der Waals surface area contributed by atoms with Crippen LogP contribution < -0.4 is 0 Å². The third-order valence-electron chi connectivity index (χ3n) is 9.16. The summed E-state index contributed by atoms with van der Waals surface area (Å²) in [5.41, 5.74) is -0.120. The monoisotopic (exact) mass is 716 g/mol. The highest BCUT2D eigenvalue weighted by molar-refractivity contribution is 8.03. The third kappa shape index (κ3) is 7.25. The van der Waals surface area contributed by atoms with E-state index in [1.54, 1.807) is 17.0 Å². The van der Waals surface area contributed by atoms with Crippen LogP contribution in [0.1, 0.15) is 31.4 Å². The van der Waals surface area contributed by atoms with Crippen LogP contribution in [-0.2, 0) is 27.4 Å². The SMILES string of the molecule is C[C@@H](O)[C@H]1C(=O)N2C(C(=O)O)=C(S[C@H]3C[C@@H](CSCCO)N(C(=O)OCc4ccc([N+](=O)[O-])cc4)C3)[C@](C)(Cc3ccc([N+](=O)[O-])cc3)[C@H]12. The minimum Gasteiger partial charge on any atom is -0.477 e. The fourth-order valence-corrected chi connectivity index (χ4v) is 9.42. The summed E-state index contributed by atoms with van der Waals surface area (Å²) in [6.45, 7) is 3.35. The van der Waals surface area contributed by atoms with Crippen LogP contribution in [-0.4, -0.2) is 101 Å². The number of aliphatic hydroxyl groups is 2. The molecule has 5 rings (SSSR count). The Morgan fingerprint density at radius 1 is 1.06 bits per heavy atom. The van der Waals surface area contributed by atoms with Crippen molar-refractivity contribution >= 4 is 52.9 Å². The maximum atomic E-state index is 13.4. The van der Waals surface area contributed by atoms with Crippen molar-refractivity contribution in [2.24, 2.45) is 11.3 Å². The molecule has 3 aliphatic rings. The number of hydrogen-bond donors (Lipinski definition) is 3. The van der Waals surface area contributed by atoms with Crippen molar-refractivity contribution in [1.82, 2.24) is 9.80 Å². The average Bonchev–Trinajstić information content (AvgIpc) is 3.55. The fraction of sp³-hybridized carbons (Fsp3) is 0.469. The number of carbonyl (C=O) groups is 3. The second-order valence-electron chi connectivity index (χ2n) is 12.5. The molecule has 2 amide bonds. The van der Waals surface area contributed by atoms with Gasteiger partial charge in [0.2, 0.25) is 5.91 Å². The maximum absolute atomic E-state index is 13.4. The Balaban J connectivity index is 1.41. The van der Waals surface area contributed by atoms with Gasteiger partial charge in [-0.2, -0.15) is 11.8 Å². The molecular formula is C32H36N4O11S2. The summed E-state index contributed by atoms with van der Waals surface area (Å²) in [7, 11) is 0.